The highest BCUT2D eigenvalue weighted by molar-refractivity contribution is 7.16. The van der Waals surface area contributed by atoms with Gasteiger partial charge in [0, 0.05) is 20.8 Å². The van der Waals surface area contributed by atoms with Crippen LogP contribution in [0.2, 0.25) is 5.02 Å². The molecule has 5 aromatic rings. The number of hydrogen-bond donors (Lipinski definition) is 1. The molecule has 0 bridgehead atoms. The van der Waals surface area contributed by atoms with E-state index in [1.54, 1.807) is 32.0 Å². The molecule has 1 N–H and O–H groups in total. The van der Waals surface area contributed by atoms with E-state index in [4.69, 9.17) is 35.5 Å². The van der Waals surface area contributed by atoms with Gasteiger partial charge in [-0.3, -0.25) is 4.79 Å². The summed E-state index contributed by atoms with van der Waals surface area (Å²) < 4.78 is 21.8. The first kappa shape index (κ1) is 31.1. The lowest BCUT2D eigenvalue weighted by Gasteiger charge is -2.14. The first-order valence-electron chi connectivity index (χ1n) is 14.5. The Hall–Kier alpha value is -4.93. The number of esters is 2. The lowest BCUT2D eigenvalue weighted by atomic mass is 9.98. The van der Waals surface area contributed by atoms with Crippen LogP contribution in [0.1, 0.15) is 49.2 Å². The normalized spacial score (nSPS) is 11.8. The third-order valence-corrected chi connectivity index (χ3v) is 8.83. The van der Waals surface area contributed by atoms with Crippen molar-refractivity contribution >= 4 is 56.7 Å². The number of nitrogens with zero attached hydrogens (tertiary/aromatic N) is 1. The van der Waals surface area contributed by atoms with Crippen molar-refractivity contribution in [2.45, 2.75) is 27.2 Å². The number of hydrogen-bond acceptors (Lipinski definition) is 9. The Morgan fingerprint density at radius 3 is 2.52 bits per heavy atom. The van der Waals surface area contributed by atoms with Gasteiger partial charge in [-0.15, -0.1) is 11.3 Å². The fraction of sp³-hybridized carbons (Fsp3) is 0.200. The van der Waals surface area contributed by atoms with Crippen LogP contribution >= 0.6 is 22.9 Å². The molecule has 1 aliphatic heterocycles. The predicted octanol–water partition coefficient (Wildman–Crippen LogP) is 7.53. The van der Waals surface area contributed by atoms with Crippen LogP contribution in [0.5, 0.6) is 11.5 Å². The van der Waals surface area contributed by atoms with Crippen LogP contribution in [0.15, 0.2) is 66.7 Å². The number of pyridine rings is 1. The van der Waals surface area contributed by atoms with E-state index in [0.717, 1.165) is 21.6 Å². The summed E-state index contributed by atoms with van der Waals surface area (Å²) in [6.07, 6.45) is 0.404. The SMILES string of the molecule is CCOC(=O)c1c(NC(=O)COC(=O)c2c(C)c(-c3cccc(Cl)c3)nc3ccccc23)sc(C)c1Cc1ccc2c(c1)OCO2. The molecule has 3 aromatic carbocycles. The number of aryl methyl sites for hydroxylation is 1. The molecule has 3 heterocycles. The van der Waals surface area contributed by atoms with Crippen molar-refractivity contribution in [2.24, 2.45) is 0 Å². The first-order valence-corrected chi connectivity index (χ1v) is 15.7. The van der Waals surface area contributed by atoms with E-state index in [-0.39, 0.29) is 19.0 Å². The van der Waals surface area contributed by atoms with E-state index in [2.05, 4.69) is 5.32 Å². The molecule has 234 valence electrons. The number of amides is 1. The smallest absolute Gasteiger partial charge is 0.341 e. The molecule has 2 aromatic heterocycles. The van der Waals surface area contributed by atoms with Crippen LogP contribution in [-0.2, 0) is 20.7 Å². The third kappa shape index (κ3) is 6.27. The molecule has 1 aliphatic rings. The zero-order valence-corrected chi connectivity index (χ0v) is 26.8. The molecule has 9 nitrogen and oxygen atoms in total. The number of anilines is 1. The topological polar surface area (TPSA) is 113 Å². The number of para-hydroxylation sites is 1. The molecule has 1 amide bonds. The maximum atomic E-state index is 13.5. The Balaban J connectivity index is 1.24. The zero-order chi connectivity index (χ0) is 32.4. The summed E-state index contributed by atoms with van der Waals surface area (Å²) in [7, 11) is 0. The second-order valence-corrected chi connectivity index (χ2v) is 12.2. The lowest BCUT2D eigenvalue weighted by Crippen LogP contribution is -2.22. The Labute approximate surface area is 274 Å². The van der Waals surface area contributed by atoms with E-state index in [1.807, 2.05) is 55.5 Å². The molecule has 0 unspecified atom stereocenters. The van der Waals surface area contributed by atoms with E-state index in [1.165, 1.54) is 11.3 Å². The number of ether oxygens (including phenoxy) is 4. The van der Waals surface area contributed by atoms with Gasteiger partial charge in [0.05, 0.1) is 28.9 Å². The molecule has 0 radical (unpaired) electrons. The molecule has 0 fully saturated rings. The highest BCUT2D eigenvalue weighted by Crippen LogP contribution is 2.38. The average molecular weight is 657 g/mol. The molecule has 0 spiro atoms. The minimum atomic E-state index is -0.675. The Bertz CT molecular complexity index is 2010. The molecule has 0 saturated heterocycles. The van der Waals surface area contributed by atoms with Gasteiger partial charge in [0.2, 0.25) is 6.79 Å². The van der Waals surface area contributed by atoms with Gasteiger partial charge in [-0.2, -0.15) is 0 Å². The van der Waals surface area contributed by atoms with Crippen LogP contribution < -0.4 is 14.8 Å². The number of halogens is 1. The molecule has 6 rings (SSSR count). The van der Waals surface area contributed by atoms with Gasteiger partial charge in [0.1, 0.15) is 5.00 Å². The van der Waals surface area contributed by atoms with Crippen molar-refractivity contribution in [1.82, 2.24) is 4.98 Å². The molecule has 46 heavy (non-hydrogen) atoms. The van der Waals surface area contributed by atoms with Gasteiger partial charge in [-0.1, -0.05) is 48.0 Å². The third-order valence-electron chi connectivity index (χ3n) is 7.53. The number of aromatic nitrogens is 1. The van der Waals surface area contributed by atoms with Crippen molar-refractivity contribution in [3.05, 3.63) is 104 Å². The monoisotopic (exact) mass is 656 g/mol. The molecular formula is C35H29ClN2O7S. The summed E-state index contributed by atoms with van der Waals surface area (Å²) in [5.74, 6) is -0.529. The van der Waals surface area contributed by atoms with E-state index in [0.29, 0.717) is 55.7 Å². The van der Waals surface area contributed by atoms with Crippen molar-refractivity contribution < 1.29 is 33.3 Å². The average Bonchev–Trinajstić information content (AvgIpc) is 3.63. The summed E-state index contributed by atoms with van der Waals surface area (Å²) in [4.78, 5) is 45.5. The van der Waals surface area contributed by atoms with Crippen LogP contribution in [0, 0.1) is 13.8 Å². The molecule has 11 heteroatoms. The number of carbonyl (C=O) groups is 3. The Morgan fingerprint density at radius 2 is 1.72 bits per heavy atom. The molecule has 0 saturated carbocycles. The van der Waals surface area contributed by atoms with Crippen molar-refractivity contribution in [1.29, 1.82) is 0 Å². The molecular weight excluding hydrogens is 628 g/mol. The van der Waals surface area contributed by atoms with E-state index in [9.17, 15) is 14.4 Å². The van der Waals surface area contributed by atoms with Crippen molar-refractivity contribution in [3.63, 3.8) is 0 Å². The largest absolute Gasteiger partial charge is 0.462 e. The van der Waals surface area contributed by atoms with Gasteiger partial charge in [-0.25, -0.2) is 14.6 Å². The number of carbonyl (C=O) groups excluding carboxylic acids is 3. The fourth-order valence-corrected chi connectivity index (χ4v) is 6.67. The Morgan fingerprint density at radius 1 is 0.935 bits per heavy atom. The molecule has 0 atom stereocenters. The quantitative estimate of drug-likeness (QED) is 0.162. The maximum Gasteiger partial charge on any atom is 0.341 e. The summed E-state index contributed by atoms with van der Waals surface area (Å²) in [5, 5.41) is 4.23. The highest BCUT2D eigenvalue weighted by atomic mass is 35.5. The number of benzene rings is 3. The van der Waals surface area contributed by atoms with Crippen LogP contribution in [-0.4, -0.2) is 42.8 Å². The lowest BCUT2D eigenvalue weighted by molar-refractivity contribution is -0.119. The predicted molar refractivity (Wildman–Crippen MR) is 176 cm³/mol. The number of rotatable bonds is 9. The highest BCUT2D eigenvalue weighted by Gasteiger charge is 2.26. The second-order valence-electron chi connectivity index (χ2n) is 10.5. The van der Waals surface area contributed by atoms with Gasteiger partial charge in [0.15, 0.2) is 18.1 Å². The first-order chi connectivity index (χ1) is 22.2. The number of nitrogens with one attached hydrogen (secondary N) is 1. The van der Waals surface area contributed by atoms with Crippen LogP contribution in [0.3, 0.4) is 0 Å². The minimum Gasteiger partial charge on any atom is -0.462 e. The Kier molecular flexibility index (Phi) is 8.92. The zero-order valence-electron chi connectivity index (χ0n) is 25.3. The van der Waals surface area contributed by atoms with Gasteiger partial charge >= 0.3 is 11.9 Å². The van der Waals surface area contributed by atoms with Gasteiger partial charge in [-0.05, 0) is 74.2 Å². The second kappa shape index (κ2) is 13.2. The van der Waals surface area contributed by atoms with Crippen LogP contribution in [0.4, 0.5) is 5.00 Å². The van der Waals surface area contributed by atoms with Crippen molar-refractivity contribution in [2.75, 3.05) is 25.3 Å². The number of thiophene rings is 1. The van der Waals surface area contributed by atoms with E-state index >= 15 is 0 Å². The van der Waals surface area contributed by atoms with Crippen molar-refractivity contribution in [3.8, 4) is 22.8 Å². The summed E-state index contributed by atoms with van der Waals surface area (Å²) in [6, 6.07) is 20.1. The van der Waals surface area contributed by atoms with Gasteiger partial charge in [0.25, 0.3) is 5.91 Å². The summed E-state index contributed by atoms with van der Waals surface area (Å²) in [6.45, 7) is 5.13. The summed E-state index contributed by atoms with van der Waals surface area (Å²) >= 11 is 7.49. The minimum absolute atomic E-state index is 0.158. The van der Waals surface area contributed by atoms with Crippen LogP contribution in [0.25, 0.3) is 22.2 Å². The maximum absolute atomic E-state index is 13.5. The van der Waals surface area contributed by atoms with Gasteiger partial charge < -0.3 is 24.3 Å². The van der Waals surface area contributed by atoms with E-state index < -0.39 is 24.5 Å². The molecule has 0 aliphatic carbocycles. The fourth-order valence-electron chi connectivity index (χ4n) is 5.41. The summed E-state index contributed by atoms with van der Waals surface area (Å²) in [5.41, 5.74) is 4.73. The number of fused-ring (bicyclic) bond motifs is 2. The standard InChI is InChI=1S/C35H29ClN2O7S/c1-4-42-35(41)31-25(14-21-12-13-27-28(15-21)45-18-44-27)20(3)46-33(31)38-29(39)17-43-34(40)30-19(2)32(22-8-7-9-23(36)16-22)37-26-11-6-5-10-24(26)30/h5-13,15-16H,4,14,17-18H2,1-3H3,(H,38,39).